The van der Waals surface area contributed by atoms with Crippen molar-refractivity contribution in [2.24, 2.45) is 5.92 Å². The zero-order chi connectivity index (χ0) is 14.3. The molecule has 0 spiro atoms. The summed E-state index contributed by atoms with van der Waals surface area (Å²) in [7, 11) is 0. The number of likely N-dealkylation sites (tertiary alicyclic amines) is 1. The van der Waals surface area contributed by atoms with Crippen molar-refractivity contribution in [3.8, 4) is 0 Å². The number of amides is 2. The van der Waals surface area contributed by atoms with Crippen molar-refractivity contribution in [2.45, 2.75) is 52.0 Å². The lowest BCUT2D eigenvalue weighted by Gasteiger charge is -2.34. The lowest BCUT2D eigenvalue weighted by atomic mass is 9.98. The van der Waals surface area contributed by atoms with Crippen molar-refractivity contribution >= 4 is 23.4 Å². The molecule has 0 aromatic heterocycles. The monoisotopic (exact) mass is 288 g/mol. The van der Waals surface area contributed by atoms with E-state index in [0.717, 1.165) is 38.8 Å². The molecule has 1 N–H and O–H groups in total. The number of carbonyl (C=O) groups is 2. The molecule has 0 saturated carbocycles. The van der Waals surface area contributed by atoms with E-state index in [1.165, 1.54) is 0 Å². The number of rotatable bonds is 6. The Bertz CT molecular complexity index is 298. The van der Waals surface area contributed by atoms with Crippen LogP contribution < -0.4 is 5.32 Å². The first-order valence-electron chi connectivity index (χ1n) is 7.26. The number of nitrogens with zero attached hydrogens (tertiary/aromatic N) is 1. The Morgan fingerprint density at radius 1 is 1.26 bits per heavy atom. The zero-order valence-electron chi connectivity index (χ0n) is 12.0. The standard InChI is InChI=1S/C14H25ClN2O2/c1-3-11(4-2)14(19)17-9-6-12(7-10-17)16-13(18)5-8-15/h11-12H,3-10H2,1-2H3,(H,16,18). The van der Waals surface area contributed by atoms with E-state index in [4.69, 9.17) is 11.6 Å². The van der Waals surface area contributed by atoms with Crippen LogP contribution in [0.5, 0.6) is 0 Å². The van der Waals surface area contributed by atoms with E-state index >= 15 is 0 Å². The summed E-state index contributed by atoms with van der Waals surface area (Å²) in [6.07, 6.45) is 3.87. The van der Waals surface area contributed by atoms with Crippen molar-refractivity contribution in [1.82, 2.24) is 10.2 Å². The highest BCUT2D eigenvalue weighted by atomic mass is 35.5. The minimum absolute atomic E-state index is 0.0137. The number of hydrogen-bond donors (Lipinski definition) is 1. The van der Waals surface area contributed by atoms with E-state index in [-0.39, 0.29) is 23.8 Å². The van der Waals surface area contributed by atoms with Crippen molar-refractivity contribution in [2.75, 3.05) is 19.0 Å². The Kier molecular flexibility index (Phi) is 7.21. The number of nitrogens with one attached hydrogen (secondary N) is 1. The summed E-state index contributed by atoms with van der Waals surface area (Å²) in [5.74, 6) is 0.801. The van der Waals surface area contributed by atoms with Gasteiger partial charge in [0.15, 0.2) is 0 Å². The maximum atomic E-state index is 12.2. The molecule has 0 unspecified atom stereocenters. The molecule has 0 atom stereocenters. The number of carbonyl (C=O) groups excluding carboxylic acids is 2. The van der Waals surface area contributed by atoms with Gasteiger partial charge < -0.3 is 10.2 Å². The Hall–Kier alpha value is -0.770. The first kappa shape index (κ1) is 16.3. The van der Waals surface area contributed by atoms with Gasteiger partial charge in [-0.1, -0.05) is 13.8 Å². The quantitative estimate of drug-likeness (QED) is 0.762. The zero-order valence-corrected chi connectivity index (χ0v) is 12.7. The van der Waals surface area contributed by atoms with Crippen molar-refractivity contribution in [3.63, 3.8) is 0 Å². The molecule has 110 valence electrons. The molecule has 1 saturated heterocycles. The van der Waals surface area contributed by atoms with Gasteiger partial charge in [0.25, 0.3) is 0 Å². The molecule has 5 heteroatoms. The summed E-state index contributed by atoms with van der Waals surface area (Å²) in [5, 5.41) is 2.98. The summed E-state index contributed by atoms with van der Waals surface area (Å²) < 4.78 is 0. The van der Waals surface area contributed by atoms with Gasteiger partial charge in [-0.05, 0) is 25.7 Å². The Morgan fingerprint density at radius 3 is 2.32 bits per heavy atom. The Morgan fingerprint density at radius 2 is 1.84 bits per heavy atom. The normalized spacial score (nSPS) is 16.7. The predicted octanol–water partition coefficient (Wildman–Crippen LogP) is 2.16. The molecule has 0 radical (unpaired) electrons. The van der Waals surface area contributed by atoms with Gasteiger partial charge in [0.1, 0.15) is 0 Å². The Balaban J connectivity index is 2.36. The molecule has 19 heavy (non-hydrogen) atoms. The molecular weight excluding hydrogens is 264 g/mol. The molecule has 0 bridgehead atoms. The molecule has 0 aliphatic carbocycles. The minimum Gasteiger partial charge on any atom is -0.353 e. The van der Waals surface area contributed by atoms with Gasteiger partial charge in [0.2, 0.25) is 11.8 Å². The molecule has 1 fully saturated rings. The van der Waals surface area contributed by atoms with Gasteiger partial charge in [-0.3, -0.25) is 9.59 Å². The first-order valence-corrected chi connectivity index (χ1v) is 7.79. The average Bonchev–Trinajstić information content (AvgIpc) is 2.41. The molecule has 1 heterocycles. The van der Waals surface area contributed by atoms with Crippen LogP contribution in [0.1, 0.15) is 46.0 Å². The van der Waals surface area contributed by atoms with E-state index in [1.54, 1.807) is 0 Å². The van der Waals surface area contributed by atoms with Crippen LogP contribution in [0.15, 0.2) is 0 Å². The molecule has 1 aliphatic heterocycles. The fourth-order valence-electron chi connectivity index (χ4n) is 2.53. The summed E-state index contributed by atoms with van der Waals surface area (Å²) in [6, 6.07) is 0.196. The number of halogens is 1. The molecule has 0 aromatic rings. The van der Waals surface area contributed by atoms with Gasteiger partial charge in [-0.2, -0.15) is 0 Å². The maximum Gasteiger partial charge on any atom is 0.225 e. The summed E-state index contributed by atoms with van der Waals surface area (Å²) in [4.78, 5) is 25.6. The number of piperidine rings is 1. The van der Waals surface area contributed by atoms with Crippen LogP contribution in [0.3, 0.4) is 0 Å². The van der Waals surface area contributed by atoms with E-state index in [9.17, 15) is 9.59 Å². The largest absolute Gasteiger partial charge is 0.353 e. The fraction of sp³-hybridized carbons (Fsp3) is 0.857. The third-order valence-corrected chi connectivity index (χ3v) is 4.02. The summed E-state index contributed by atoms with van der Waals surface area (Å²) >= 11 is 5.53. The second-order valence-corrected chi connectivity index (χ2v) is 5.50. The van der Waals surface area contributed by atoms with Crippen LogP contribution in [0.2, 0.25) is 0 Å². The highest BCUT2D eigenvalue weighted by molar-refractivity contribution is 6.18. The van der Waals surface area contributed by atoms with Crippen LogP contribution in [0, 0.1) is 5.92 Å². The topological polar surface area (TPSA) is 49.4 Å². The van der Waals surface area contributed by atoms with Crippen LogP contribution in [-0.2, 0) is 9.59 Å². The molecular formula is C14H25ClN2O2. The highest BCUT2D eigenvalue weighted by Gasteiger charge is 2.26. The molecule has 2 amide bonds. The van der Waals surface area contributed by atoms with E-state index in [2.05, 4.69) is 19.2 Å². The third-order valence-electron chi connectivity index (χ3n) is 3.83. The first-order chi connectivity index (χ1) is 9.12. The van der Waals surface area contributed by atoms with Crippen molar-refractivity contribution < 1.29 is 9.59 Å². The minimum atomic E-state index is 0.0137. The molecule has 1 aliphatic rings. The molecule has 4 nitrogen and oxygen atoms in total. The Labute approximate surface area is 120 Å². The molecule has 0 aromatic carbocycles. The van der Waals surface area contributed by atoms with Gasteiger partial charge in [0, 0.05) is 37.4 Å². The van der Waals surface area contributed by atoms with E-state index in [1.807, 2.05) is 4.90 Å². The third kappa shape index (κ3) is 5.01. The van der Waals surface area contributed by atoms with Gasteiger partial charge in [0.05, 0.1) is 0 Å². The van der Waals surface area contributed by atoms with Gasteiger partial charge in [-0.25, -0.2) is 0 Å². The van der Waals surface area contributed by atoms with Gasteiger partial charge in [-0.15, -0.1) is 11.6 Å². The van der Waals surface area contributed by atoms with E-state index < -0.39 is 0 Å². The van der Waals surface area contributed by atoms with Crippen molar-refractivity contribution in [3.05, 3.63) is 0 Å². The predicted molar refractivity (Wildman–Crippen MR) is 77.2 cm³/mol. The van der Waals surface area contributed by atoms with Crippen molar-refractivity contribution in [1.29, 1.82) is 0 Å². The van der Waals surface area contributed by atoms with E-state index in [0.29, 0.717) is 12.3 Å². The second kappa shape index (κ2) is 8.41. The van der Waals surface area contributed by atoms with Crippen LogP contribution >= 0.6 is 11.6 Å². The SMILES string of the molecule is CCC(CC)C(=O)N1CCC(NC(=O)CCCl)CC1. The fourth-order valence-corrected chi connectivity index (χ4v) is 2.70. The molecule has 1 rings (SSSR count). The number of hydrogen-bond acceptors (Lipinski definition) is 2. The lowest BCUT2D eigenvalue weighted by Crippen LogP contribution is -2.48. The maximum absolute atomic E-state index is 12.2. The number of alkyl halides is 1. The van der Waals surface area contributed by atoms with Crippen LogP contribution in [-0.4, -0.2) is 41.7 Å². The second-order valence-electron chi connectivity index (χ2n) is 5.12. The lowest BCUT2D eigenvalue weighted by molar-refractivity contribution is -0.137. The average molecular weight is 289 g/mol. The summed E-state index contributed by atoms with van der Waals surface area (Å²) in [6.45, 7) is 5.62. The summed E-state index contributed by atoms with van der Waals surface area (Å²) in [5.41, 5.74) is 0. The van der Waals surface area contributed by atoms with Gasteiger partial charge >= 0.3 is 0 Å². The highest BCUT2D eigenvalue weighted by Crippen LogP contribution is 2.17. The van der Waals surface area contributed by atoms with Crippen LogP contribution in [0.25, 0.3) is 0 Å². The van der Waals surface area contributed by atoms with Crippen LogP contribution in [0.4, 0.5) is 0 Å². The smallest absolute Gasteiger partial charge is 0.225 e.